The summed E-state index contributed by atoms with van der Waals surface area (Å²) < 4.78 is 28.2. The Balaban J connectivity index is 1.98. The van der Waals surface area contributed by atoms with E-state index in [-0.39, 0.29) is 5.56 Å². The number of para-hydroxylation sites is 1. The van der Waals surface area contributed by atoms with Crippen molar-refractivity contribution in [2.24, 2.45) is 0 Å². The Bertz CT molecular complexity index is 920. The van der Waals surface area contributed by atoms with Gasteiger partial charge in [0.15, 0.2) is 5.16 Å². The van der Waals surface area contributed by atoms with Crippen LogP contribution >= 0.6 is 11.8 Å². The first kappa shape index (κ1) is 16.6. The molecule has 0 radical (unpaired) electrons. The Morgan fingerprint density at radius 1 is 1.12 bits per heavy atom. The average Bonchev–Trinajstić information content (AvgIpc) is 2.55. The van der Waals surface area contributed by atoms with Gasteiger partial charge in [-0.1, -0.05) is 30.8 Å². The molecule has 0 aliphatic heterocycles. The fourth-order valence-corrected chi connectivity index (χ4v) is 3.48. The molecule has 24 heavy (non-hydrogen) atoms. The largest absolute Gasteiger partial charge is 0.287 e. The molecule has 3 rings (SSSR count). The lowest BCUT2D eigenvalue weighted by Crippen LogP contribution is -2.23. The molecule has 3 aromatic rings. The van der Waals surface area contributed by atoms with Gasteiger partial charge in [0.2, 0.25) is 0 Å². The monoisotopic (exact) mass is 346 g/mol. The number of fused-ring (bicyclic) bond motifs is 1. The second-order valence-corrected chi connectivity index (χ2v) is 6.38. The summed E-state index contributed by atoms with van der Waals surface area (Å²) in [5.41, 5.74) is 1.06. The van der Waals surface area contributed by atoms with Crippen LogP contribution in [0.25, 0.3) is 10.9 Å². The lowest BCUT2D eigenvalue weighted by molar-refractivity contribution is 0.580. The van der Waals surface area contributed by atoms with Crippen LogP contribution in [-0.4, -0.2) is 9.55 Å². The molecule has 3 nitrogen and oxygen atoms in total. The number of aromatic nitrogens is 2. The van der Waals surface area contributed by atoms with E-state index >= 15 is 0 Å². The molecule has 1 aromatic heterocycles. The summed E-state index contributed by atoms with van der Waals surface area (Å²) in [7, 11) is 0. The highest BCUT2D eigenvalue weighted by Gasteiger charge is 2.11. The number of rotatable bonds is 5. The van der Waals surface area contributed by atoms with Crippen molar-refractivity contribution in [2.45, 2.75) is 30.8 Å². The van der Waals surface area contributed by atoms with Gasteiger partial charge in [-0.15, -0.1) is 0 Å². The fourth-order valence-electron chi connectivity index (χ4n) is 2.52. The predicted molar refractivity (Wildman–Crippen MR) is 92.2 cm³/mol. The molecule has 0 saturated heterocycles. The molecule has 0 unspecified atom stereocenters. The molecule has 2 aromatic carbocycles. The van der Waals surface area contributed by atoms with Crippen LogP contribution in [0.1, 0.15) is 18.9 Å². The van der Waals surface area contributed by atoms with Gasteiger partial charge in [0.25, 0.3) is 5.56 Å². The number of nitrogens with zero attached hydrogens (tertiary/aromatic N) is 2. The third kappa shape index (κ3) is 3.48. The Morgan fingerprint density at radius 2 is 1.83 bits per heavy atom. The molecule has 0 bridgehead atoms. The molecular weight excluding hydrogens is 330 g/mol. The molecule has 1 heterocycles. The van der Waals surface area contributed by atoms with E-state index in [1.165, 1.54) is 23.9 Å². The zero-order chi connectivity index (χ0) is 17.1. The van der Waals surface area contributed by atoms with E-state index in [0.717, 1.165) is 12.5 Å². The van der Waals surface area contributed by atoms with Crippen LogP contribution in [0.4, 0.5) is 8.78 Å². The van der Waals surface area contributed by atoms with Gasteiger partial charge in [-0.05, 0) is 36.2 Å². The normalized spacial score (nSPS) is 11.1. The third-order valence-electron chi connectivity index (χ3n) is 3.56. The van der Waals surface area contributed by atoms with Crippen LogP contribution < -0.4 is 5.56 Å². The highest BCUT2D eigenvalue weighted by molar-refractivity contribution is 7.98. The first-order valence-electron chi connectivity index (χ1n) is 7.66. The fraction of sp³-hybridized carbons (Fsp3) is 0.222. The lowest BCUT2D eigenvalue weighted by Gasteiger charge is -2.12. The van der Waals surface area contributed by atoms with Gasteiger partial charge in [0.1, 0.15) is 11.6 Å². The van der Waals surface area contributed by atoms with Gasteiger partial charge in [0.05, 0.1) is 10.9 Å². The van der Waals surface area contributed by atoms with E-state index in [1.54, 1.807) is 16.7 Å². The number of hydrogen-bond acceptors (Lipinski definition) is 3. The Morgan fingerprint density at radius 3 is 2.54 bits per heavy atom. The number of hydrogen-bond donors (Lipinski definition) is 0. The second kappa shape index (κ2) is 7.13. The predicted octanol–water partition coefficient (Wildman–Crippen LogP) is 4.38. The molecule has 0 fully saturated rings. The van der Waals surface area contributed by atoms with Crippen molar-refractivity contribution in [2.75, 3.05) is 0 Å². The third-order valence-corrected chi connectivity index (χ3v) is 4.61. The topological polar surface area (TPSA) is 34.9 Å². The lowest BCUT2D eigenvalue weighted by atomic mass is 10.2. The maximum Gasteiger partial charge on any atom is 0.262 e. The molecule has 124 valence electrons. The van der Waals surface area contributed by atoms with Crippen LogP contribution in [0.3, 0.4) is 0 Å². The Kier molecular flexibility index (Phi) is 4.94. The first-order valence-corrected chi connectivity index (χ1v) is 8.64. The van der Waals surface area contributed by atoms with Crippen molar-refractivity contribution < 1.29 is 8.78 Å². The molecule has 0 amide bonds. The quantitative estimate of drug-likeness (QED) is 0.508. The van der Waals surface area contributed by atoms with Crippen molar-refractivity contribution >= 4 is 22.7 Å². The second-order valence-electron chi connectivity index (χ2n) is 5.43. The molecule has 0 aliphatic rings. The van der Waals surface area contributed by atoms with E-state index in [4.69, 9.17) is 0 Å². The summed E-state index contributed by atoms with van der Waals surface area (Å²) in [4.78, 5) is 17.2. The minimum Gasteiger partial charge on any atom is -0.287 e. The van der Waals surface area contributed by atoms with Crippen LogP contribution in [0.5, 0.6) is 0 Å². The summed E-state index contributed by atoms with van der Waals surface area (Å²) in [6.45, 7) is 2.54. The van der Waals surface area contributed by atoms with E-state index in [1.807, 2.05) is 19.1 Å². The maximum atomic E-state index is 13.3. The number of benzene rings is 2. The summed E-state index contributed by atoms with van der Waals surface area (Å²) in [5.74, 6) is -0.880. The summed E-state index contributed by atoms with van der Waals surface area (Å²) >= 11 is 1.31. The van der Waals surface area contributed by atoms with Crippen LogP contribution in [0.2, 0.25) is 0 Å². The Labute approximate surface area is 142 Å². The van der Waals surface area contributed by atoms with Crippen molar-refractivity contribution in [1.82, 2.24) is 9.55 Å². The summed E-state index contributed by atoms with van der Waals surface area (Å²) in [6.07, 6.45) is 0.794. The zero-order valence-corrected chi connectivity index (χ0v) is 13.9. The van der Waals surface area contributed by atoms with E-state index in [9.17, 15) is 13.6 Å². The van der Waals surface area contributed by atoms with Crippen LogP contribution in [0.15, 0.2) is 52.4 Å². The molecule has 0 N–H and O–H groups in total. The Hall–Kier alpha value is -2.21. The zero-order valence-electron chi connectivity index (χ0n) is 13.1. The highest BCUT2D eigenvalue weighted by atomic mass is 32.2. The average molecular weight is 346 g/mol. The molecular formula is C18H16F2N2OS. The number of halogens is 2. The van der Waals surface area contributed by atoms with Gasteiger partial charge in [-0.3, -0.25) is 9.36 Å². The molecule has 0 aliphatic carbocycles. The minimum atomic E-state index is -0.608. The van der Waals surface area contributed by atoms with E-state index in [0.29, 0.717) is 33.9 Å². The van der Waals surface area contributed by atoms with Crippen molar-refractivity contribution in [3.8, 4) is 0 Å². The van der Waals surface area contributed by atoms with E-state index in [2.05, 4.69) is 4.98 Å². The van der Waals surface area contributed by atoms with Gasteiger partial charge in [-0.2, -0.15) is 0 Å². The first-order chi connectivity index (χ1) is 11.6. The van der Waals surface area contributed by atoms with Crippen LogP contribution in [0, 0.1) is 11.6 Å². The SMILES string of the molecule is CCCn1c(SCc2cc(F)cc(F)c2)nc2ccccc2c1=O. The highest BCUT2D eigenvalue weighted by Crippen LogP contribution is 2.23. The maximum absolute atomic E-state index is 13.3. The van der Waals surface area contributed by atoms with E-state index < -0.39 is 11.6 Å². The van der Waals surface area contributed by atoms with Crippen molar-refractivity contribution in [1.29, 1.82) is 0 Å². The van der Waals surface area contributed by atoms with Crippen molar-refractivity contribution in [3.63, 3.8) is 0 Å². The molecule has 0 atom stereocenters. The van der Waals surface area contributed by atoms with Crippen molar-refractivity contribution in [3.05, 3.63) is 70.0 Å². The molecule has 6 heteroatoms. The van der Waals surface area contributed by atoms with Gasteiger partial charge >= 0.3 is 0 Å². The summed E-state index contributed by atoms with van der Waals surface area (Å²) in [5, 5.41) is 1.14. The molecule has 0 spiro atoms. The standard InChI is InChI=1S/C18H16F2N2OS/c1-2-7-22-17(23)15-5-3-4-6-16(15)21-18(22)24-11-12-8-13(19)10-14(20)9-12/h3-6,8-10H,2,7,11H2,1H3. The smallest absolute Gasteiger partial charge is 0.262 e. The minimum absolute atomic E-state index is 0.0876. The van der Waals surface area contributed by atoms with Gasteiger partial charge < -0.3 is 0 Å². The van der Waals surface area contributed by atoms with Crippen LogP contribution in [-0.2, 0) is 12.3 Å². The number of thioether (sulfide) groups is 1. The van der Waals surface area contributed by atoms with Gasteiger partial charge in [-0.25, -0.2) is 13.8 Å². The molecule has 0 saturated carbocycles. The van der Waals surface area contributed by atoms with Gasteiger partial charge in [0, 0.05) is 18.4 Å². The summed E-state index contributed by atoms with van der Waals surface area (Å²) in [6, 6.07) is 10.6.